The van der Waals surface area contributed by atoms with Gasteiger partial charge in [0.2, 0.25) is 0 Å². The first-order valence-corrected chi connectivity index (χ1v) is 6.67. The Kier molecular flexibility index (Phi) is 2.82. The molecule has 0 unspecified atom stereocenters. The van der Waals surface area contributed by atoms with Gasteiger partial charge in [-0.25, -0.2) is 4.79 Å². The molecule has 0 atom stereocenters. The van der Waals surface area contributed by atoms with Gasteiger partial charge in [0.25, 0.3) is 0 Å². The molecule has 2 aromatic carbocycles. The molecule has 96 valence electrons. The van der Waals surface area contributed by atoms with E-state index >= 15 is 0 Å². The smallest absolute Gasteiger partial charge is 0.354 e. The zero-order chi connectivity index (χ0) is 13.6. The summed E-state index contributed by atoms with van der Waals surface area (Å²) >= 11 is 3.59. The van der Waals surface area contributed by atoms with Crippen molar-refractivity contribution >= 4 is 43.6 Å². The van der Waals surface area contributed by atoms with Crippen LogP contribution in [-0.2, 0) is 11.8 Å². The average molecular weight is 318 g/mol. The van der Waals surface area contributed by atoms with Crippen LogP contribution in [0.1, 0.15) is 10.5 Å². The summed E-state index contributed by atoms with van der Waals surface area (Å²) in [5.41, 5.74) is 1.56. The van der Waals surface area contributed by atoms with Crippen molar-refractivity contribution < 1.29 is 9.53 Å². The van der Waals surface area contributed by atoms with Gasteiger partial charge in [0, 0.05) is 16.9 Å². The zero-order valence-electron chi connectivity index (χ0n) is 10.6. The van der Waals surface area contributed by atoms with Crippen molar-refractivity contribution in [2.45, 2.75) is 0 Å². The first-order chi connectivity index (χ1) is 9.13. The van der Waals surface area contributed by atoms with Gasteiger partial charge in [0.1, 0.15) is 5.69 Å². The second-order valence-electron chi connectivity index (χ2n) is 4.42. The summed E-state index contributed by atoms with van der Waals surface area (Å²) in [5, 5.41) is 3.32. The molecule has 0 saturated heterocycles. The molecule has 0 aliphatic carbocycles. The van der Waals surface area contributed by atoms with Crippen LogP contribution in [-0.4, -0.2) is 17.6 Å². The standard InChI is InChI=1S/C15H12BrNO2/c1-17-13-8-12(16)10-6-4-3-5-9(10)11(13)7-14(17)15(18)19-2/h3-8H,1-2H3. The SMILES string of the molecule is COC(=O)c1cc2c3ccccc3c(Br)cc2n1C. The molecule has 0 saturated carbocycles. The molecule has 3 aromatic rings. The van der Waals surface area contributed by atoms with Crippen LogP contribution in [0.25, 0.3) is 21.7 Å². The molecule has 0 fully saturated rings. The zero-order valence-corrected chi connectivity index (χ0v) is 12.2. The lowest BCUT2D eigenvalue weighted by Gasteiger charge is -2.05. The third-order valence-electron chi connectivity index (χ3n) is 3.41. The minimum absolute atomic E-state index is 0.320. The molecule has 0 aliphatic rings. The molecule has 19 heavy (non-hydrogen) atoms. The molecular formula is C15H12BrNO2. The fourth-order valence-electron chi connectivity index (χ4n) is 2.43. The van der Waals surface area contributed by atoms with E-state index < -0.39 is 0 Å². The van der Waals surface area contributed by atoms with Gasteiger partial charge in [-0.05, 0) is 22.9 Å². The molecule has 0 aliphatic heterocycles. The Labute approximate surface area is 118 Å². The van der Waals surface area contributed by atoms with Gasteiger partial charge in [-0.2, -0.15) is 0 Å². The maximum absolute atomic E-state index is 11.8. The molecular weight excluding hydrogens is 306 g/mol. The third-order valence-corrected chi connectivity index (χ3v) is 4.07. The lowest BCUT2D eigenvalue weighted by molar-refractivity contribution is 0.0590. The summed E-state index contributed by atoms with van der Waals surface area (Å²) in [7, 11) is 3.27. The van der Waals surface area contributed by atoms with E-state index in [2.05, 4.69) is 28.1 Å². The largest absolute Gasteiger partial charge is 0.464 e. The highest BCUT2D eigenvalue weighted by Crippen LogP contribution is 2.33. The lowest BCUT2D eigenvalue weighted by atomic mass is 10.1. The minimum Gasteiger partial charge on any atom is -0.464 e. The summed E-state index contributed by atoms with van der Waals surface area (Å²) < 4.78 is 7.70. The third kappa shape index (κ3) is 1.75. The van der Waals surface area contributed by atoms with E-state index in [1.54, 1.807) is 0 Å². The Morgan fingerprint density at radius 2 is 1.84 bits per heavy atom. The molecule has 0 amide bonds. The number of esters is 1. The number of hydrogen-bond acceptors (Lipinski definition) is 2. The number of rotatable bonds is 1. The molecule has 1 aromatic heterocycles. The van der Waals surface area contributed by atoms with E-state index in [4.69, 9.17) is 4.74 Å². The van der Waals surface area contributed by atoms with Crippen LogP contribution in [0.4, 0.5) is 0 Å². The highest BCUT2D eigenvalue weighted by Gasteiger charge is 2.16. The Morgan fingerprint density at radius 3 is 2.53 bits per heavy atom. The first kappa shape index (κ1) is 12.2. The van der Waals surface area contributed by atoms with Crippen molar-refractivity contribution in [3.8, 4) is 0 Å². The molecule has 4 heteroatoms. The van der Waals surface area contributed by atoms with Crippen LogP contribution >= 0.6 is 15.9 Å². The molecule has 1 heterocycles. The molecule has 0 radical (unpaired) electrons. The van der Waals surface area contributed by atoms with E-state index in [0.717, 1.165) is 26.1 Å². The number of fused-ring (bicyclic) bond motifs is 3. The number of benzene rings is 2. The number of hydrogen-bond donors (Lipinski definition) is 0. The Balaban J connectivity index is 2.47. The minimum atomic E-state index is -0.320. The van der Waals surface area contributed by atoms with Crippen molar-refractivity contribution in [1.29, 1.82) is 0 Å². The van der Waals surface area contributed by atoms with Crippen LogP contribution in [0.3, 0.4) is 0 Å². The van der Waals surface area contributed by atoms with Crippen LogP contribution < -0.4 is 0 Å². The molecule has 0 bridgehead atoms. The topological polar surface area (TPSA) is 31.2 Å². The fraction of sp³-hybridized carbons (Fsp3) is 0.133. The molecule has 0 N–H and O–H groups in total. The number of methoxy groups -OCH3 is 1. The van der Waals surface area contributed by atoms with Crippen molar-refractivity contribution in [2.75, 3.05) is 7.11 Å². The highest BCUT2D eigenvalue weighted by atomic mass is 79.9. The quantitative estimate of drug-likeness (QED) is 0.638. The summed E-state index contributed by atoms with van der Waals surface area (Å²) in [4.78, 5) is 11.8. The first-order valence-electron chi connectivity index (χ1n) is 5.88. The Bertz CT molecular complexity index is 805. The maximum atomic E-state index is 11.8. The van der Waals surface area contributed by atoms with Crippen LogP contribution in [0.5, 0.6) is 0 Å². The summed E-state index contributed by atoms with van der Waals surface area (Å²) in [6.07, 6.45) is 0. The predicted molar refractivity (Wildman–Crippen MR) is 79.5 cm³/mol. The van der Waals surface area contributed by atoms with Gasteiger partial charge in [-0.15, -0.1) is 0 Å². The normalized spacial score (nSPS) is 11.1. The van der Waals surface area contributed by atoms with Crippen molar-refractivity contribution in [1.82, 2.24) is 4.57 Å². The van der Waals surface area contributed by atoms with E-state index in [9.17, 15) is 4.79 Å². The Morgan fingerprint density at radius 1 is 1.16 bits per heavy atom. The number of ether oxygens (including phenoxy) is 1. The van der Waals surface area contributed by atoms with Gasteiger partial charge in [-0.1, -0.05) is 40.2 Å². The fourth-order valence-corrected chi connectivity index (χ4v) is 3.00. The van der Waals surface area contributed by atoms with Crippen molar-refractivity contribution in [2.24, 2.45) is 7.05 Å². The molecule has 3 nitrogen and oxygen atoms in total. The number of aryl methyl sites for hydroxylation is 1. The van der Waals surface area contributed by atoms with Gasteiger partial charge in [0.05, 0.1) is 12.6 Å². The second kappa shape index (κ2) is 4.38. The average Bonchev–Trinajstić information content (AvgIpc) is 2.76. The van der Waals surface area contributed by atoms with Crippen LogP contribution in [0, 0.1) is 0 Å². The van der Waals surface area contributed by atoms with Crippen molar-refractivity contribution in [3.63, 3.8) is 0 Å². The van der Waals surface area contributed by atoms with Crippen molar-refractivity contribution in [3.05, 3.63) is 46.6 Å². The predicted octanol–water partition coefficient (Wildman–Crippen LogP) is 3.88. The van der Waals surface area contributed by atoms with E-state index in [1.165, 1.54) is 7.11 Å². The Hall–Kier alpha value is -1.81. The lowest BCUT2D eigenvalue weighted by Crippen LogP contribution is -2.06. The summed E-state index contributed by atoms with van der Waals surface area (Å²) in [6, 6.07) is 12.0. The van der Waals surface area contributed by atoms with E-state index in [0.29, 0.717) is 5.69 Å². The summed E-state index contributed by atoms with van der Waals surface area (Å²) in [5.74, 6) is -0.320. The number of nitrogens with zero attached hydrogens (tertiary/aromatic N) is 1. The number of carbonyl (C=O) groups is 1. The number of halogens is 1. The molecule has 0 spiro atoms. The van der Waals surface area contributed by atoms with Gasteiger partial charge in [0.15, 0.2) is 0 Å². The van der Waals surface area contributed by atoms with Crippen LogP contribution in [0.15, 0.2) is 40.9 Å². The molecule has 3 rings (SSSR count). The second-order valence-corrected chi connectivity index (χ2v) is 5.27. The van der Waals surface area contributed by atoms with E-state index in [-0.39, 0.29) is 5.97 Å². The number of aromatic nitrogens is 1. The van der Waals surface area contributed by atoms with Gasteiger partial charge in [-0.3, -0.25) is 0 Å². The van der Waals surface area contributed by atoms with Gasteiger partial charge >= 0.3 is 5.97 Å². The number of carbonyl (C=O) groups excluding carboxylic acids is 1. The van der Waals surface area contributed by atoms with Gasteiger partial charge < -0.3 is 9.30 Å². The maximum Gasteiger partial charge on any atom is 0.354 e. The highest BCUT2D eigenvalue weighted by molar-refractivity contribution is 9.10. The van der Waals surface area contributed by atoms with Crippen LogP contribution in [0.2, 0.25) is 0 Å². The van der Waals surface area contributed by atoms with E-state index in [1.807, 2.05) is 35.9 Å². The summed E-state index contributed by atoms with van der Waals surface area (Å²) in [6.45, 7) is 0. The monoisotopic (exact) mass is 317 g/mol.